The summed E-state index contributed by atoms with van der Waals surface area (Å²) in [7, 11) is -79.9. The van der Waals surface area contributed by atoms with Crippen molar-refractivity contribution in [2.45, 2.75) is 179 Å². The number of epoxide rings is 1. The molecule has 1 aliphatic heterocycles. The fourth-order valence-corrected chi connectivity index (χ4v) is 230. The first-order chi connectivity index (χ1) is 44.5. The summed E-state index contributed by atoms with van der Waals surface area (Å²) in [5.41, 5.74) is -6.21. The zero-order chi connectivity index (χ0) is 77.7. The van der Waals surface area contributed by atoms with E-state index in [0.29, 0.717) is 19.3 Å². The molecule has 0 amide bonds. The Morgan fingerprint density at radius 2 is 0.889 bits per heavy atom. The molecule has 1 aliphatic carbocycles. The minimum absolute atomic E-state index is 0.0342. The van der Waals surface area contributed by atoms with Gasteiger partial charge in [0, 0.05) is 0 Å². The van der Waals surface area contributed by atoms with Gasteiger partial charge in [-0.3, -0.25) is 14.4 Å². The highest BCUT2D eigenvalue weighted by Gasteiger charge is 2.89. The first kappa shape index (κ1) is 93.3. The second-order valence-corrected chi connectivity index (χ2v) is 125. The standard InChI is InChI=1S/C39H61F15O25Si20/c1-11-32(4,22-33(5,30(57)77-20-23-13-14-24-25(19-23)78-24)21-31(2,3)28(55)76-17-15-26(36(46,47)48)34(42,43)37(49,50)39(53,54)38(51,52)35(44,45)27(40)41)29(56)75-16-12-18-99(9,10)97(74)96(73)95(72)94(71)93(70)92(69)91(68)90(67)89(66)88(65)87(64)86(63)85(62)84(61)83(60)82(59)81(58)80-79-98(6,7)8/h23-27H,11-22,80H2,1-10H3. The molecule has 99 heavy (non-hydrogen) atoms. The number of esters is 3. The third-order valence-corrected chi connectivity index (χ3v) is 167. The highest BCUT2D eigenvalue weighted by Crippen LogP contribution is 2.61. The summed E-state index contributed by atoms with van der Waals surface area (Å²) >= 11 is 0. The van der Waals surface area contributed by atoms with Gasteiger partial charge in [0.05, 0.1) is 48.3 Å². The molecule has 0 N–H and O–H groups in total. The lowest BCUT2D eigenvalue weighted by Gasteiger charge is -2.41. The molecule has 0 bridgehead atoms. The molecule has 552 valence electrons. The van der Waals surface area contributed by atoms with Crippen LogP contribution in [0.15, 0.2) is 0 Å². The Balaban J connectivity index is 2.26. The molecular weight excluding hydrogens is 1720 g/mol. The van der Waals surface area contributed by atoms with Crippen molar-refractivity contribution in [2.75, 3.05) is 19.8 Å². The van der Waals surface area contributed by atoms with Crippen molar-refractivity contribution in [3.8, 4) is 0 Å². The molecule has 1 heterocycles. The molecular formula is C39H61F15O25Si20. The maximum absolute atomic E-state index is 14.9. The lowest BCUT2D eigenvalue weighted by atomic mass is 9.65. The predicted octanol–water partition coefficient (Wildman–Crippen LogP) is 2.46. The lowest BCUT2D eigenvalue weighted by molar-refractivity contribution is -0.427. The number of fused-ring (bicyclic) bond motifs is 1. The van der Waals surface area contributed by atoms with E-state index in [4.69, 9.17) is 18.3 Å². The van der Waals surface area contributed by atoms with Crippen molar-refractivity contribution in [1.29, 1.82) is 0 Å². The molecule has 6 atom stereocenters. The van der Waals surface area contributed by atoms with Gasteiger partial charge in [-0.15, -0.1) is 0 Å². The van der Waals surface area contributed by atoms with Crippen LogP contribution in [0, 0.1) is 28.1 Å². The van der Waals surface area contributed by atoms with Crippen molar-refractivity contribution >= 4 is 174 Å². The molecule has 0 aromatic rings. The quantitative estimate of drug-likeness (QED) is 0.0211. The van der Waals surface area contributed by atoms with Gasteiger partial charge < -0.3 is 98.9 Å². The summed E-state index contributed by atoms with van der Waals surface area (Å²) in [4.78, 5) is 41.8. The Hall–Kier alpha value is -1.78. The van der Waals surface area contributed by atoms with Gasteiger partial charge in [-0.1, -0.05) is 26.1 Å². The van der Waals surface area contributed by atoms with Crippen LogP contribution in [0.4, 0.5) is 65.9 Å². The Morgan fingerprint density at radius 3 is 1.28 bits per heavy atom. The summed E-state index contributed by atoms with van der Waals surface area (Å²) in [5, 5.41) is 0. The van der Waals surface area contributed by atoms with Gasteiger partial charge in [-0.05, 0) is 105 Å². The van der Waals surface area contributed by atoms with E-state index in [1.54, 1.807) is 19.6 Å². The first-order valence-corrected chi connectivity index (χ1v) is 79.2. The fourth-order valence-electron chi connectivity index (χ4n) is 9.64. The third kappa shape index (κ3) is 22.4. The molecule has 60 heteroatoms. The SMILES string of the molecule is CCC(C)(CC(C)(CC(C)(C)C(=O)OCCC(C(F)(F)F)C(F)(F)C(F)(F)C(F)(F)C(F)(F)C(F)(F)C(F)F)C(=O)OCC1CCC2OC2C1)C(=O)OCCC[Si](C)(C)[Si](=O)[Si](=O)[Si](=O)[Si](=O)[Si](=O)[Si](=O)[Si](=O)[Si](=O)[Si](=O)[Si](=O)[Si](=O)[Si](=O)[Si](=O)[Si](=O)[Si](=O)[Si](=O)[Si](=O)[SiH2]O[Si](C)(C)C. The largest absolute Gasteiger partial charge is 0.465 e. The van der Waals surface area contributed by atoms with Crippen molar-refractivity contribution < 1.29 is 179 Å². The lowest BCUT2D eigenvalue weighted by Crippen LogP contribution is -2.70. The zero-order valence-electron chi connectivity index (χ0n) is 53.5. The molecule has 0 spiro atoms. The molecule has 2 rings (SSSR count). The number of alkyl halides is 15. The summed E-state index contributed by atoms with van der Waals surface area (Å²) in [5.74, 6) is -49.3. The fraction of sp³-hybridized carbons (Fsp3) is 0.923. The summed E-state index contributed by atoms with van der Waals surface area (Å²) < 4.78 is 456. The predicted molar refractivity (Wildman–Crippen MR) is 323 cm³/mol. The molecule has 0 aromatic carbocycles. The van der Waals surface area contributed by atoms with Crippen LogP contribution in [0.1, 0.15) is 86.0 Å². The third-order valence-electron chi connectivity index (χ3n) is 15.6. The molecule has 2 aliphatic rings. The van der Waals surface area contributed by atoms with E-state index >= 15 is 0 Å². The monoisotopic (exact) mass is 1770 g/mol. The van der Waals surface area contributed by atoms with Gasteiger partial charge in [0.15, 0.2) is 8.32 Å². The maximum atomic E-state index is 14.9. The topological polar surface area (TPSA) is 391 Å². The molecule has 0 radical (unpaired) electrons. The van der Waals surface area contributed by atoms with Gasteiger partial charge in [0.25, 0.3) is 0 Å². The summed E-state index contributed by atoms with van der Waals surface area (Å²) in [6, 6.07) is -0.221. The maximum Gasteiger partial charge on any atom is 0.397 e. The van der Waals surface area contributed by atoms with Crippen LogP contribution >= 0.6 is 0 Å². The van der Waals surface area contributed by atoms with Crippen LogP contribution in [-0.4, -0.2) is 249 Å². The molecule has 2 fully saturated rings. The Labute approximate surface area is 576 Å². The van der Waals surface area contributed by atoms with Crippen molar-refractivity contribution in [3.05, 3.63) is 0 Å². The van der Waals surface area contributed by atoms with Crippen molar-refractivity contribution in [1.82, 2.24) is 0 Å². The normalized spacial score (nSPS) is 17.9. The van der Waals surface area contributed by atoms with Crippen LogP contribution in [0.3, 0.4) is 0 Å². The van der Waals surface area contributed by atoms with E-state index in [0.717, 1.165) is 20.8 Å². The zero-order valence-corrected chi connectivity index (χ0v) is 73.9. The minimum atomic E-state index is -8.33. The Morgan fingerprint density at radius 1 is 0.495 bits per heavy atom. The molecule has 0 aromatic heterocycles. The summed E-state index contributed by atoms with van der Waals surface area (Å²) in [6.07, 6.45) is -16.3. The van der Waals surface area contributed by atoms with Crippen molar-refractivity contribution in [2.24, 2.45) is 28.1 Å². The first-order valence-electron chi connectivity index (χ1n) is 28.7. The number of halogens is 15. The van der Waals surface area contributed by atoms with E-state index in [9.17, 15) is 156 Å². The highest BCUT2D eigenvalue weighted by atomic mass is 30.1. The molecule has 6 unspecified atom stereocenters. The van der Waals surface area contributed by atoms with Crippen molar-refractivity contribution in [3.63, 3.8) is 0 Å². The number of carbonyl (C=O) groups is 3. The molecule has 1 saturated carbocycles. The van der Waals surface area contributed by atoms with E-state index in [1.165, 1.54) is 26.9 Å². The van der Waals surface area contributed by atoms with Crippen LogP contribution < -0.4 is 0 Å². The number of hydrogen-bond acceptors (Lipinski definition) is 25. The average Bonchev–Trinajstić information content (AvgIpc) is 1.67. The molecule has 25 nitrogen and oxygen atoms in total. The number of carbonyl (C=O) groups excluding carboxylic acids is 3. The molecule has 1 saturated heterocycles. The summed E-state index contributed by atoms with van der Waals surface area (Å²) in [6.45, 7) is 10.2. The second-order valence-electron chi connectivity index (χ2n) is 25.7. The van der Waals surface area contributed by atoms with Gasteiger partial charge >= 0.3 is 191 Å². The average molecular weight is 1780 g/mol. The minimum Gasteiger partial charge on any atom is -0.465 e. The number of rotatable bonds is 43. The van der Waals surface area contributed by atoms with Gasteiger partial charge in [-0.25, -0.2) is 8.78 Å². The van der Waals surface area contributed by atoms with Crippen LogP contribution in [0.2, 0.25) is 38.8 Å². The van der Waals surface area contributed by atoms with Gasteiger partial charge in [0.2, 0.25) is 9.28 Å². The Kier molecular flexibility index (Phi) is 33.3. The van der Waals surface area contributed by atoms with Crippen LogP contribution in [-0.2, 0) is 113 Å². The van der Waals surface area contributed by atoms with E-state index in [-0.39, 0.29) is 43.6 Å². The van der Waals surface area contributed by atoms with E-state index in [2.05, 4.69) is 4.74 Å². The van der Waals surface area contributed by atoms with Crippen LogP contribution in [0.5, 0.6) is 0 Å². The van der Waals surface area contributed by atoms with Gasteiger partial charge in [-0.2, -0.15) is 57.1 Å². The second kappa shape index (κ2) is 35.3. The van der Waals surface area contributed by atoms with E-state index in [1.807, 2.05) is 0 Å². The number of ether oxygens (including phenoxy) is 4. The number of hydrogen-bond donors (Lipinski definition) is 0. The van der Waals surface area contributed by atoms with Gasteiger partial charge in [0.1, 0.15) is 13.5 Å². The smallest absolute Gasteiger partial charge is 0.397 e. The van der Waals surface area contributed by atoms with Crippen LogP contribution in [0.25, 0.3) is 0 Å². The van der Waals surface area contributed by atoms with E-state index < -0.39 is 271 Å². The highest BCUT2D eigenvalue weighted by molar-refractivity contribution is 7.82. The Bertz CT molecular complexity index is 3470.